The molecule has 1 amide bonds. The summed E-state index contributed by atoms with van der Waals surface area (Å²) in [5, 5.41) is 14.0. The van der Waals surface area contributed by atoms with Crippen LogP contribution in [0.5, 0.6) is 5.75 Å². The van der Waals surface area contributed by atoms with Crippen molar-refractivity contribution in [2.75, 3.05) is 26.0 Å². The highest BCUT2D eigenvalue weighted by atomic mass is 16.5. The van der Waals surface area contributed by atoms with E-state index in [1.807, 2.05) is 25.2 Å². The number of likely N-dealkylation sites (N-methyl/N-ethyl adjacent to an activating group) is 1. The first-order chi connectivity index (χ1) is 13.1. The number of nitrogens with zero attached hydrogens (tertiary/aromatic N) is 1. The van der Waals surface area contributed by atoms with Crippen LogP contribution in [0, 0.1) is 11.3 Å². The molecule has 3 rings (SSSR count). The Morgan fingerprint density at radius 2 is 1.78 bits per heavy atom. The van der Waals surface area contributed by atoms with Gasteiger partial charge in [0.2, 0.25) is 0 Å². The van der Waals surface area contributed by atoms with Gasteiger partial charge in [-0.2, -0.15) is 5.26 Å². The normalized spacial score (nSPS) is 11.6. The van der Waals surface area contributed by atoms with Crippen molar-refractivity contribution >= 4 is 22.4 Å². The molecule has 1 unspecified atom stereocenters. The lowest BCUT2D eigenvalue weighted by molar-refractivity contribution is -0.885. The van der Waals surface area contributed by atoms with E-state index in [9.17, 15) is 4.79 Å². The van der Waals surface area contributed by atoms with Crippen LogP contribution in [0.1, 0.15) is 11.1 Å². The molecule has 27 heavy (non-hydrogen) atoms. The van der Waals surface area contributed by atoms with Crippen molar-refractivity contribution in [3.8, 4) is 11.8 Å². The fourth-order valence-corrected chi connectivity index (χ4v) is 3.03. The Morgan fingerprint density at radius 3 is 2.48 bits per heavy atom. The number of benzene rings is 3. The average Bonchev–Trinajstić information content (AvgIpc) is 2.68. The average molecular weight is 360 g/mol. The zero-order valence-electron chi connectivity index (χ0n) is 15.5. The van der Waals surface area contributed by atoms with E-state index in [2.05, 4.69) is 29.6 Å². The molecule has 1 atom stereocenters. The Hall–Kier alpha value is -3.36. The molecule has 0 bridgehead atoms. The van der Waals surface area contributed by atoms with E-state index in [0.717, 1.165) is 28.0 Å². The number of nitrogens with one attached hydrogen (secondary N) is 2. The van der Waals surface area contributed by atoms with Crippen LogP contribution in [-0.2, 0) is 11.3 Å². The highest BCUT2D eigenvalue weighted by Gasteiger charge is 2.11. The third-order valence-corrected chi connectivity index (χ3v) is 4.38. The maximum Gasteiger partial charge on any atom is 0.279 e. The molecule has 136 valence electrons. The van der Waals surface area contributed by atoms with E-state index in [1.165, 1.54) is 5.56 Å². The molecule has 5 nitrogen and oxygen atoms in total. The number of rotatable bonds is 6. The van der Waals surface area contributed by atoms with Gasteiger partial charge in [-0.1, -0.05) is 18.2 Å². The van der Waals surface area contributed by atoms with Crippen molar-refractivity contribution in [2.45, 2.75) is 6.54 Å². The van der Waals surface area contributed by atoms with E-state index in [-0.39, 0.29) is 5.91 Å². The van der Waals surface area contributed by atoms with Gasteiger partial charge in [-0.15, -0.1) is 0 Å². The number of ether oxygens (including phenoxy) is 1. The molecule has 0 aliphatic heterocycles. The summed E-state index contributed by atoms with van der Waals surface area (Å²) in [6.45, 7) is 1.11. The summed E-state index contributed by atoms with van der Waals surface area (Å²) >= 11 is 0. The summed E-state index contributed by atoms with van der Waals surface area (Å²) in [6, 6.07) is 21.3. The van der Waals surface area contributed by atoms with Crippen molar-refractivity contribution < 1.29 is 14.4 Å². The smallest absolute Gasteiger partial charge is 0.279 e. The van der Waals surface area contributed by atoms with Gasteiger partial charge in [-0.25, -0.2) is 0 Å². The van der Waals surface area contributed by atoms with Crippen LogP contribution in [0.2, 0.25) is 0 Å². The molecule has 3 aromatic rings. The van der Waals surface area contributed by atoms with Crippen LogP contribution in [0.4, 0.5) is 5.69 Å². The summed E-state index contributed by atoms with van der Waals surface area (Å²) in [6.07, 6.45) is 0. The summed E-state index contributed by atoms with van der Waals surface area (Å²) < 4.78 is 5.26. The molecule has 0 saturated heterocycles. The molecule has 3 aromatic carbocycles. The molecule has 0 heterocycles. The first-order valence-electron chi connectivity index (χ1n) is 8.75. The molecule has 0 fully saturated rings. The summed E-state index contributed by atoms with van der Waals surface area (Å²) in [5.74, 6) is 0.792. The fourth-order valence-electron chi connectivity index (χ4n) is 3.03. The quantitative estimate of drug-likeness (QED) is 0.709. The number of carbonyl (C=O) groups is 1. The summed E-state index contributed by atoms with van der Waals surface area (Å²) in [5.41, 5.74) is 2.45. The number of hydrogen-bond acceptors (Lipinski definition) is 3. The van der Waals surface area contributed by atoms with Crippen molar-refractivity contribution in [3.05, 3.63) is 71.8 Å². The van der Waals surface area contributed by atoms with Crippen LogP contribution >= 0.6 is 0 Å². The third-order valence-electron chi connectivity index (χ3n) is 4.38. The number of amides is 1. The van der Waals surface area contributed by atoms with Crippen molar-refractivity contribution in [1.29, 1.82) is 5.26 Å². The number of quaternary nitrogens is 1. The van der Waals surface area contributed by atoms with Crippen LogP contribution in [-0.4, -0.2) is 26.6 Å². The Kier molecular flexibility index (Phi) is 5.70. The number of carbonyl (C=O) groups excluding carboxylic acids is 1. The van der Waals surface area contributed by atoms with Gasteiger partial charge in [0.05, 0.1) is 25.8 Å². The van der Waals surface area contributed by atoms with Crippen molar-refractivity contribution in [3.63, 3.8) is 0 Å². The van der Waals surface area contributed by atoms with Crippen LogP contribution in [0.15, 0.2) is 60.7 Å². The standard InChI is InChI=1S/C22H21N3O2/c1-25(15-22(26)24-20-8-4-16(13-23)5-9-20)14-17-3-6-19-12-21(27-2)10-7-18(19)11-17/h3-12H,14-15H2,1-2H3,(H,24,26)/p+1. The number of hydrogen-bond donors (Lipinski definition) is 2. The highest BCUT2D eigenvalue weighted by Crippen LogP contribution is 2.21. The maximum absolute atomic E-state index is 12.2. The Balaban J connectivity index is 1.59. The zero-order valence-corrected chi connectivity index (χ0v) is 15.5. The van der Waals surface area contributed by atoms with Gasteiger partial charge in [0.1, 0.15) is 12.3 Å². The third kappa shape index (κ3) is 4.84. The minimum Gasteiger partial charge on any atom is -0.497 e. The molecule has 0 spiro atoms. The highest BCUT2D eigenvalue weighted by molar-refractivity contribution is 5.91. The van der Waals surface area contributed by atoms with Gasteiger partial charge in [0.25, 0.3) is 5.91 Å². The van der Waals surface area contributed by atoms with Gasteiger partial charge in [0, 0.05) is 11.3 Å². The topological polar surface area (TPSA) is 66.6 Å². The van der Waals surface area contributed by atoms with E-state index >= 15 is 0 Å². The van der Waals surface area contributed by atoms with E-state index in [1.54, 1.807) is 31.4 Å². The first kappa shape index (κ1) is 18.4. The van der Waals surface area contributed by atoms with Crippen LogP contribution < -0.4 is 15.0 Å². The second-order valence-electron chi connectivity index (χ2n) is 6.60. The molecule has 5 heteroatoms. The lowest BCUT2D eigenvalue weighted by Gasteiger charge is -2.14. The van der Waals surface area contributed by atoms with Crippen LogP contribution in [0.25, 0.3) is 10.8 Å². The Bertz CT molecular complexity index is 991. The molecule has 2 N–H and O–H groups in total. The predicted molar refractivity (Wildman–Crippen MR) is 106 cm³/mol. The number of anilines is 1. The minimum atomic E-state index is -0.0530. The second kappa shape index (κ2) is 8.35. The van der Waals surface area contributed by atoms with Gasteiger partial charge in [0.15, 0.2) is 6.54 Å². The second-order valence-corrected chi connectivity index (χ2v) is 6.60. The van der Waals surface area contributed by atoms with Gasteiger partial charge >= 0.3 is 0 Å². The largest absolute Gasteiger partial charge is 0.497 e. The Labute approximate surface area is 158 Å². The molecule has 0 aliphatic rings. The molecule has 0 radical (unpaired) electrons. The number of fused-ring (bicyclic) bond motifs is 1. The molecule has 0 aliphatic carbocycles. The molecular formula is C22H22N3O2+. The Morgan fingerprint density at radius 1 is 1.07 bits per heavy atom. The fraction of sp³-hybridized carbons (Fsp3) is 0.182. The summed E-state index contributed by atoms with van der Waals surface area (Å²) in [4.78, 5) is 13.3. The van der Waals surface area contributed by atoms with Crippen molar-refractivity contribution in [1.82, 2.24) is 0 Å². The van der Waals surface area contributed by atoms with Gasteiger partial charge in [-0.05, 0) is 53.2 Å². The lowest BCUT2D eigenvalue weighted by atomic mass is 10.1. The SMILES string of the molecule is COc1ccc2cc(C[NH+](C)CC(=O)Nc3ccc(C#N)cc3)ccc2c1. The maximum atomic E-state index is 12.2. The van der Waals surface area contributed by atoms with E-state index in [4.69, 9.17) is 10.00 Å². The number of methoxy groups -OCH3 is 1. The molecule has 0 aromatic heterocycles. The van der Waals surface area contributed by atoms with E-state index < -0.39 is 0 Å². The predicted octanol–water partition coefficient (Wildman–Crippen LogP) is 2.37. The zero-order chi connectivity index (χ0) is 19.2. The first-order valence-corrected chi connectivity index (χ1v) is 8.75. The van der Waals surface area contributed by atoms with Crippen molar-refractivity contribution in [2.24, 2.45) is 0 Å². The van der Waals surface area contributed by atoms with Crippen LogP contribution in [0.3, 0.4) is 0 Å². The monoisotopic (exact) mass is 360 g/mol. The van der Waals surface area contributed by atoms with Gasteiger partial charge in [-0.3, -0.25) is 4.79 Å². The summed E-state index contributed by atoms with van der Waals surface area (Å²) in [7, 11) is 3.66. The van der Waals surface area contributed by atoms with Gasteiger partial charge < -0.3 is 15.0 Å². The van der Waals surface area contributed by atoms with E-state index in [0.29, 0.717) is 17.8 Å². The molecular weight excluding hydrogens is 338 g/mol. The lowest BCUT2D eigenvalue weighted by Crippen LogP contribution is -3.08. The minimum absolute atomic E-state index is 0.0530. The molecule has 0 saturated carbocycles. The number of nitriles is 1.